The van der Waals surface area contributed by atoms with Crippen LogP contribution < -0.4 is 0 Å². The fraction of sp³-hybridized carbons (Fsp3) is 0.688. The predicted molar refractivity (Wildman–Crippen MR) is 77.8 cm³/mol. The smallest absolute Gasteiger partial charge is 0.303 e. The third-order valence-electron chi connectivity index (χ3n) is 2.81. The molecule has 0 fully saturated rings. The van der Waals surface area contributed by atoms with Crippen molar-refractivity contribution in [2.75, 3.05) is 0 Å². The number of aliphatic carboxylic acids is 1. The van der Waals surface area contributed by atoms with E-state index in [0.717, 1.165) is 25.7 Å². The number of carboxylic acid groups (broad SMARTS) is 1. The second-order valence-electron chi connectivity index (χ2n) is 4.66. The molecule has 0 unspecified atom stereocenters. The Morgan fingerprint density at radius 2 is 1.33 bits per heavy atom. The van der Waals surface area contributed by atoms with Gasteiger partial charge >= 0.3 is 5.97 Å². The van der Waals surface area contributed by atoms with Crippen molar-refractivity contribution >= 4 is 5.97 Å². The van der Waals surface area contributed by atoms with E-state index in [4.69, 9.17) is 5.11 Å². The molecule has 104 valence electrons. The van der Waals surface area contributed by atoms with Crippen molar-refractivity contribution in [1.29, 1.82) is 0 Å². The first kappa shape index (κ1) is 16.9. The topological polar surface area (TPSA) is 37.3 Å². The molecule has 18 heavy (non-hydrogen) atoms. The molecular weight excluding hydrogens is 224 g/mol. The van der Waals surface area contributed by atoms with Crippen molar-refractivity contribution in [3.63, 3.8) is 0 Å². The van der Waals surface area contributed by atoms with Gasteiger partial charge in [0.25, 0.3) is 0 Å². The van der Waals surface area contributed by atoms with Crippen LogP contribution in [0, 0.1) is 0 Å². The first-order chi connectivity index (χ1) is 8.77. The fourth-order valence-corrected chi connectivity index (χ4v) is 1.71. The van der Waals surface area contributed by atoms with Crippen LogP contribution in [0.4, 0.5) is 0 Å². The first-order valence-electron chi connectivity index (χ1n) is 7.29. The van der Waals surface area contributed by atoms with Crippen molar-refractivity contribution in [2.24, 2.45) is 0 Å². The SMILES string of the molecule is CCCCC/C=C/CCC/C=C/CCCC(=O)O. The van der Waals surface area contributed by atoms with Crippen LogP contribution in [-0.4, -0.2) is 11.1 Å². The molecule has 0 radical (unpaired) electrons. The Balaban J connectivity index is 3.19. The second kappa shape index (κ2) is 14.0. The number of allylic oxidation sites excluding steroid dienone is 4. The van der Waals surface area contributed by atoms with E-state index in [-0.39, 0.29) is 6.42 Å². The highest BCUT2D eigenvalue weighted by atomic mass is 16.4. The monoisotopic (exact) mass is 252 g/mol. The van der Waals surface area contributed by atoms with E-state index < -0.39 is 5.97 Å². The molecule has 0 saturated heterocycles. The van der Waals surface area contributed by atoms with Crippen molar-refractivity contribution in [3.8, 4) is 0 Å². The molecule has 2 heteroatoms. The summed E-state index contributed by atoms with van der Waals surface area (Å²) in [5, 5.41) is 8.46. The normalized spacial score (nSPS) is 11.6. The lowest BCUT2D eigenvalue weighted by Crippen LogP contribution is -1.92. The lowest BCUT2D eigenvalue weighted by Gasteiger charge is -1.93. The Kier molecular flexibility index (Phi) is 13.2. The summed E-state index contributed by atoms with van der Waals surface area (Å²) in [7, 11) is 0. The highest BCUT2D eigenvalue weighted by Gasteiger charge is 1.92. The van der Waals surface area contributed by atoms with Gasteiger partial charge in [0.05, 0.1) is 0 Å². The maximum atomic E-state index is 10.3. The van der Waals surface area contributed by atoms with E-state index in [1.807, 2.05) is 0 Å². The number of carboxylic acids is 1. The summed E-state index contributed by atoms with van der Waals surface area (Å²) in [5.74, 6) is -0.698. The second-order valence-corrected chi connectivity index (χ2v) is 4.66. The van der Waals surface area contributed by atoms with Crippen molar-refractivity contribution in [1.82, 2.24) is 0 Å². The van der Waals surface area contributed by atoms with Gasteiger partial charge in [-0.1, -0.05) is 44.1 Å². The molecule has 0 aliphatic carbocycles. The van der Waals surface area contributed by atoms with Crippen LogP contribution in [0.25, 0.3) is 0 Å². The fourth-order valence-electron chi connectivity index (χ4n) is 1.71. The van der Waals surface area contributed by atoms with Gasteiger partial charge in [0.1, 0.15) is 0 Å². The Morgan fingerprint density at radius 3 is 1.83 bits per heavy atom. The first-order valence-corrected chi connectivity index (χ1v) is 7.29. The Morgan fingerprint density at radius 1 is 0.833 bits per heavy atom. The van der Waals surface area contributed by atoms with Crippen LogP contribution in [-0.2, 0) is 4.79 Å². The lowest BCUT2D eigenvalue weighted by molar-refractivity contribution is -0.137. The van der Waals surface area contributed by atoms with Gasteiger partial charge in [-0.3, -0.25) is 4.79 Å². The zero-order chi connectivity index (χ0) is 13.5. The van der Waals surface area contributed by atoms with Gasteiger partial charge in [-0.15, -0.1) is 0 Å². The molecule has 0 aromatic rings. The molecule has 0 amide bonds. The molecule has 0 atom stereocenters. The maximum absolute atomic E-state index is 10.3. The summed E-state index contributed by atoms with van der Waals surface area (Å²) in [4.78, 5) is 10.3. The number of hydrogen-bond acceptors (Lipinski definition) is 1. The minimum atomic E-state index is -0.698. The minimum absolute atomic E-state index is 0.283. The number of carbonyl (C=O) groups is 1. The van der Waals surface area contributed by atoms with Crippen LogP contribution in [0.5, 0.6) is 0 Å². The number of unbranched alkanes of at least 4 members (excludes halogenated alkanes) is 6. The zero-order valence-electron chi connectivity index (χ0n) is 11.7. The van der Waals surface area contributed by atoms with E-state index in [2.05, 4.69) is 31.2 Å². The molecular formula is C16H28O2. The molecule has 0 heterocycles. The van der Waals surface area contributed by atoms with Gasteiger partial charge < -0.3 is 5.11 Å². The standard InChI is InChI=1S/C16H28O2/c1-2-3-4-5-6-7-8-9-10-11-12-13-14-15-16(17)18/h6-7,11-12H,2-5,8-10,13-15H2,1H3,(H,17,18)/b7-6+,12-11+. The summed E-state index contributed by atoms with van der Waals surface area (Å²) in [5.41, 5.74) is 0. The van der Waals surface area contributed by atoms with Gasteiger partial charge in [0.15, 0.2) is 0 Å². The van der Waals surface area contributed by atoms with E-state index in [0.29, 0.717) is 0 Å². The molecule has 0 saturated carbocycles. The van der Waals surface area contributed by atoms with Crippen LogP contribution in [0.2, 0.25) is 0 Å². The van der Waals surface area contributed by atoms with Crippen molar-refractivity contribution in [3.05, 3.63) is 24.3 Å². The minimum Gasteiger partial charge on any atom is -0.481 e. The predicted octanol–water partition coefficient (Wildman–Crippen LogP) is 5.10. The Labute approximate surface area is 112 Å². The zero-order valence-corrected chi connectivity index (χ0v) is 11.7. The third kappa shape index (κ3) is 14.9. The highest BCUT2D eigenvalue weighted by Crippen LogP contribution is 2.04. The average molecular weight is 252 g/mol. The summed E-state index contributed by atoms with van der Waals surface area (Å²) in [6.45, 7) is 2.23. The maximum Gasteiger partial charge on any atom is 0.303 e. The number of hydrogen-bond donors (Lipinski definition) is 1. The van der Waals surface area contributed by atoms with E-state index >= 15 is 0 Å². The molecule has 0 aliphatic rings. The molecule has 0 aliphatic heterocycles. The third-order valence-corrected chi connectivity index (χ3v) is 2.81. The van der Waals surface area contributed by atoms with E-state index in [1.54, 1.807) is 0 Å². The molecule has 0 spiro atoms. The molecule has 0 rings (SSSR count). The van der Waals surface area contributed by atoms with Gasteiger partial charge in [0, 0.05) is 6.42 Å². The molecule has 2 nitrogen and oxygen atoms in total. The lowest BCUT2D eigenvalue weighted by atomic mass is 10.1. The van der Waals surface area contributed by atoms with Crippen LogP contribution >= 0.6 is 0 Å². The Bertz CT molecular complexity index is 241. The molecule has 0 aromatic heterocycles. The summed E-state index contributed by atoms with van der Waals surface area (Å²) in [6, 6.07) is 0. The molecule has 0 bridgehead atoms. The van der Waals surface area contributed by atoms with Crippen molar-refractivity contribution in [2.45, 2.75) is 71.1 Å². The van der Waals surface area contributed by atoms with Gasteiger partial charge in [-0.05, 0) is 44.9 Å². The van der Waals surface area contributed by atoms with Gasteiger partial charge in [-0.25, -0.2) is 0 Å². The summed E-state index contributed by atoms with van der Waals surface area (Å²) in [6.07, 6.45) is 19.4. The summed E-state index contributed by atoms with van der Waals surface area (Å²) < 4.78 is 0. The quantitative estimate of drug-likeness (QED) is 0.387. The largest absolute Gasteiger partial charge is 0.481 e. The van der Waals surface area contributed by atoms with E-state index in [9.17, 15) is 4.79 Å². The average Bonchev–Trinajstić information content (AvgIpc) is 2.34. The van der Waals surface area contributed by atoms with Crippen LogP contribution in [0.15, 0.2) is 24.3 Å². The van der Waals surface area contributed by atoms with Crippen LogP contribution in [0.1, 0.15) is 71.1 Å². The summed E-state index contributed by atoms with van der Waals surface area (Å²) >= 11 is 0. The Hall–Kier alpha value is -1.05. The van der Waals surface area contributed by atoms with Gasteiger partial charge in [0.2, 0.25) is 0 Å². The molecule has 1 N–H and O–H groups in total. The van der Waals surface area contributed by atoms with Crippen molar-refractivity contribution < 1.29 is 9.90 Å². The highest BCUT2D eigenvalue weighted by molar-refractivity contribution is 5.66. The van der Waals surface area contributed by atoms with E-state index in [1.165, 1.54) is 32.1 Å². The van der Waals surface area contributed by atoms with Gasteiger partial charge in [-0.2, -0.15) is 0 Å². The molecule has 0 aromatic carbocycles. The number of rotatable bonds is 12. The van der Waals surface area contributed by atoms with Crippen LogP contribution in [0.3, 0.4) is 0 Å².